The van der Waals surface area contributed by atoms with E-state index in [1.807, 2.05) is 6.07 Å². The Morgan fingerprint density at radius 1 is 1.32 bits per heavy atom. The standard InChI is InChI=1S/C16H20BrNO4/c1-22-16(21)11-2-3-12(14(17)8-11)9-18-13-6-4-10(5-7-13)15(19)20/h2-3,8,10,13,18H,4-7,9H2,1H3,(H,19,20). The van der Waals surface area contributed by atoms with Crippen LogP contribution in [0.2, 0.25) is 0 Å². The summed E-state index contributed by atoms with van der Waals surface area (Å²) < 4.78 is 5.56. The Labute approximate surface area is 138 Å². The van der Waals surface area contributed by atoms with E-state index >= 15 is 0 Å². The number of esters is 1. The molecule has 1 aliphatic carbocycles. The number of benzene rings is 1. The highest BCUT2D eigenvalue weighted by Crippen LogP contribution is 2.25. The third kappa shape index (κ3) is 4.30. The Bertz CT molecular complexity index is 553. The Balaban J connectivity index is 1.87. The number of hydrogen-bond donors (Lipinski definition) is 2. The fraction of sp³-hybridized carbons (Fsp3) is 0.500. The second-order valence-corrected chi connectivity index (χ2v) is 6.42. The van der Waals surface area contributed by atoms with Crippen LogP contribution < -0.4 is 5.32 Å². The molecule has 0 spiro atoms. The van der Waals surface area contributed by atoms with Gasteiger partial charge in [0.2, 0.25) is 0 Å². The van der Waals surface area contributed by atoms with E-state index in [1.165, 1.54) is 7.11 Å². The highest BCUT2D eigenvalue weighted by atomic mass is 79.9. The molecule has 1 saturated carbocycles. The first-order valence-electron chi connectivity index (χ1n) is 7.34. The topological polar surface area (TPSA) is 75.6 Å². The number of ether oxygens (including phenoxy) is 1. The monoisotopic (exact) mass is 369 g/mol. The number of nitrogens with one attached hydrogen (secondary N) is 1. The molecule has 0 radical (unpaired) electrons. The predicted octanol–water partition coefficient (Wildman–Crippen LogP) is 2.97. The van der Waals surface area contributed by atoms with Crippen molar-refractivity contribution in [2.75, 3.05) is 7.11 Å². The van der Waals surface area contributed by atoms with Crippen LogP contribution in [-0.2, 0) is 16.1 Å². The SMILES string of the molecule is COC(=O)c1ccc(CNC2CCC(C(=O)O)CC2)c(Br)c1. The summed E-state index contributed by atoms with van der Waals surface area (Å²) in [5, 5.41) is 12.5. The van der Waals surface area contributed by atoms with Gasteiger partial charge in [-0.15, -0.1) is 0 Å². The minimum Gasteiger partial charge on any atom is -0.481 e. The van der Waals surface area contributed by atoms with Crippen LogP contribution in [-0.4, -0.2) is 30.2 Å². The molecular weight excluding hydrogens is 350 g/mol. The van der Waals surface area contributed by atoms with Gasteiger partial charge >= 0.3 is 11.9 Å². The molecule has 1 aromatic rings. The van der Waals surface area contributed by atoms with Crippen molar-refractivity contribution in [1.29, 1.82) is 0 Å². The molecule has 0 unspecified atom stereocenters. The first kappa shape index (κ1) is 17.0. The minimum atomic E-state index is -0.681. The first-order chi connectivity index (χ1) is 10.5. The molecule has 1 fully saturated rings. The average molecular weight is 370 g/mol. The molecule has 0 aliphatic heterocycles. The Morgan fingerprint density at radius 3 is 2.55 bits per heavy atom. The number of carbonyl (C=O) groups is 2. The number of rotatable bonds is 5. The number of methoxy groups -OCH3 is 1. The van der Waals surface area contributed by atoms with Crippen molar-refractivity contribution in [1.82, 2.24) is 5.32 Å². The molecule has 0 saturated heterocycles. The molecule has 1 aromatic carbocycles. The number of hydrogen-bond acceptors (Lipinski definition) is 4. The second kappa shape index (κ2) is 7.74. The van der Waals surface area contributed by atoms with Gasteiger partial charge in [0.25, 0.3) is 0 Å². The zero-order valence-corrected chi connectivity index (χ0v) is 14.1. The smallest absolute Gasteiger partial charge is 0.337 e. The average Bonchev–Trinajstić information content (AvgIpc) is 2.53. The number of halogens is 1. The number of carboxylic acid groups (broad SMARTS) is 1. The van der Waals surface area contributed by atoms with Gasteiger partial charge < -0.3 is 15.2 Å². The number of carboxylic acids is 1. The molecule has 0 aromatic heterocycles. The molecule has 0 amide bonds. The third-order valence-electron chi connectivity index (χ3n) is 4.13. The molecule has 1 aliphatic rings. The molecular formula is C16H20BrNO4. The van der Waals surface area contributed by atoms with E-state index in [1.54, 1.807) is 12.1 Å². The fourth-order valence-electron chi connectivity index (χ4n) is 2.73. The van der Waals surface area contributed by atoms with Crippen LogP contribution in [0.1, 0.15) is 41.6 Å². The van der Waals surface area contributed by atoms with Gasteiger partial charge in [-0.05, 0) is 43.4 Å². The van der Waals surface area contributed by atoms with E-state index in [2.05, 4.69) is 21.2 Å². The summed E-state index contributed by atoms with van der Waals surface area (Å²) in [4.78, 5) is 22.4. The van der Waals surface area contributed by atoms with Crippen LogP contribution in [0.5, 0.6) is 0 Å². The van der Waals surface area contributed by atoms with Crippen molar-refractivity contribution in [3.8, 4) is 0 Å². The molecule has 0 atom stereocenters. The van der Waals surface area contributed by atoms with Gasteiger partial charge in [-0.2, -0.15) is 0 Å². The first-order valence-corrected chi connectivity index (χ1v) is 8.13. The lowest BCUT2D eigenvalue weighted by Crippen LogP contribution is -2.34. The maximum atomic E-state index is 11.5. The lowest BCUT2D eigenvalue weighted by atomic mass is 9.86. The lowest BCUT2D eigenvalue weighted by molar-refractivity contribution is -0.142. The van der Waals surface area contributed by atoms with Crippen LogP contribution in [0.4, 0.5) is 0 Å². The summed E-state index contributed by atoms with van der Waals surface area (Å²) in [5.74, 6) is -1.23. The van der Waals surface area contributed by atoms with Crippen molar-refractivity contribution in [3.63, 3.8) is 0 Å². The largest absolute Gasteiger partial charge is 0.481 e. The maximum Gasteiger partial charge on any atom is 0.337 e. The summed E-state index contributed by atoms with van der Waals surface area (Å²) in [7, 11) is 1.36. The van der Waals surface area contributed by atoms with Gasteiger partial charge in [0.15, 0.2) is 0 Å². The highest BCUT2D eigenvalue weighted by Gasteiger charge is 2.25. The van der Waals surface area contributed by atoms with Crippen molar-refractivity contribution < 1.29 is 19.4 Å². The Hall–Kier alpha value is -1.40. The molecule has 2 rings (SSSR count). The van der Waals surface area contributed by atoms with Crippen LogP contribution in [0.3, 0.4) is 0 Å². The van der Waals surface area contributed by atoms with Crippen molar-refractivity contribution in [2.45, 2.75) is 38.3 Å². The van der Waals surface area contributed by atoms with E-state index in [-0.39, 0.29) is 11.9 Å². The van der Waals surface area contributed by atoms with Crippen molar-refractivity contribution in [2.24, 2.45) is 5.92 Å². The summed E-state index contributed by atoms with van der Waals surface area (Å²) in [6.07, 6.45) is 3.23. The predicted molar refractivity (Wildman–Crippen MR) is 85.7 cm³/mol. The Morgan fingerprint density at radius 2 is 2.00 bits per heavy atom. The van der Waals surface area contributed by atoms with Gasteiger partial charge in [-0.25, -0.2) is 4.79 Å². The molecule has 120 valence electrons. The minimum absolute atomic E-state index is 0.191. The highest BCUT2D eigenvalue weighted by molar-refractivity contribution is 9.10. The summed E-state index contributed by atoms with van der Waals surface area (Å²) in [5.41, 5.74) is 1.58. The molecule has 0 bridgehead atoms. The molecule has 2 N–H and O–H groups in total. The van der Waals surface area contributed by atoms with Gasteiger partial charge in [-0.3, -0.25) is 4.79 Å². The second-order valence-electron chi connectivity index (χ2n) is 5.57. The summed E-state index contributed by atoms with van der Waals surface area (Å²) in [6.45, 7) is 0.685. The molecule has 6 heteroatoms. The van der Waals surface area contributed by atoms with E-state index in [0.29, 0.717) is 18.2 Å². The van der Waals surface area contributed by atoms with Gasteiger partial charge in [0, 0.05) is 17.1 Å². The van der Waals surface area contributed by atoms with E-state index < -0.39 is 5.97 Å². The quantitative estimate of drug-likeness (QED) is 0.780. The zero-order chi connectivity index (χ0) is 16.1. The number of carbonyl (C=O) groups excluding carboxylic acids is 1. The normalized spacial score (nSPS) is 21.4. The summed E-state index contributed by atoms with van der Waals surface area (Å²) in [6, 6.07) is 5.74. The zero-order valence-electron chi connectivity index (χ0n) is 12.5. The lowest BCUT2D eigenvalue weighted by Gasteiger charge is -2.27. The van der Waals surface area contributed by atoms with Gasteiger partial charge in [0.1, 0.15) is 0 Å². The van der Waals surface area contributed by atoms with Crippen LogP contribution in [0.25, 0.3) is 0 Å². The van der Waals surface area contributed by atoms with Crippen LogP contribution >= 0.6 is 15.9 Å². The van der Waals surface area contributed by atoms with Crippen LogP contribution in [0.15, 0.2) is 22.7 Å². The molecule has 22 heavy (non-hydrogen) atoms. The maximum absolute atomic E-state index is 11.5. The Kier molecular flexibility index (Phi) is 5.97. The van der Waals surface area contributed by atoms with Gasteiger partial charge in [-0.1, -0.05) is 22.0 Å². The van der Waals surface area contributed by atoms with Crippen LogP contribution in [0, 0.1) is 5.92 Å². The van der Waals surface area contributed by atoms with Gasteiger partial charge in [0.05, 0.1) is 18.6 Å². The van der Waals surface area contributed by atoms with E-state index in [9.17, 15) is 9.59 Å². The number of aliphatic carboxylic acids is 1. The van der Waals surface area contributed by atoms with Crippen molar-refractivity contribution >= 4 is 27.9 Å². The molecule has 0 heterocycles. The molecule has 5 nitrogen and oxygen atoms in total. The van der Waals surface area contributed by atoms with E-state index in [4.69, 9.17) is 9.84 Å². The van der Waals surface area contributed by atoms with E-state index in [0.717, 1.165) is 35.7 Å². The van der Waals surface area contributed by atoms with Crippen molar-refractivity contribution in [3.05, 3.63) is 33.8 Å². The fourth-order valence-corrected chi connectivity index (χ4v) is 3.25. The summed E-state index contributed by atoms with van der Waals surface area (Å²) >= 11 is 3.47. The third-order valence-corrected chi connectivity index (χ3v) is 4.87.